The SMILES string of the molecule is Cc1cc(COc2ccc(N(C)C(CC(=O)O)c3ccccc3C)cc2)cc(C)n1. The van der Waals surface area contributed by atoms with Gasteiger partial charge in [0.25, 0.3) is 0 Å². The Morgan fingerprint density at radius 3 is 2.27 bits per heavy atom. The van der Waals surface area contributed by atoms with Crippen molar-refractivity contribution in [2.24, 2.45) is 0 Å². The van der Waals surface area contributed by atoms with Gasteiger partial charge in [-0.1, -0.05) is 24.3 Å². The van der Waals surface area contributed by atoms with Gasteiger partial charge in [-0.05, 0) is 73.9 Å². The Kier molecular flexibility index (Phi) is 6.72. The number of aromatic nitrogens is 1. The van der Waals surface area contributed by atoms with Gasteiger partial charge < -0.3 is 14.7 Å². The van der Waals surface area contributed by atoms with Gasteiger partial charge in [-0.25, -0.2) is 0 Å². The van der Waals surface area contributed by atoms with E-state index in [1.807, 2.05) is 93.4 Å². The smallest absolute Gasteiger partial charge is 0.305 e. The first-order valence-corrected chi connectivity index (χ1v) is 10.0. The van der Waals surface area contributed by atoms with Crippen LogP contribution in [-0.2, 0) is 11.4 Å². The molecular weight excluding hydrogens is 376 g/mol. The fourth-order valence-corrected chi connectivity index (χ4v) is 3.71. The van der Waals surface area contributed by atoms with Crippen molar-refractivity contribution in [2.45, 2.75) is 39.8 Å². The van der Waals surface area contributed by atoms with Crippen LogP contribution in [0.4, 0.5) is 5.69 Å². The number of carbonyl (C=O) groups is 1. The second-order valence-electron chi connectivity index (χ2n) is 7.62. The summed E-state index contributed by atoms with van der Waals surface area (Å²) < 4.78 is 5.93. The maximum Gasteiger partial charge on any atom is 0.305 e. The monoisotopic (exact) mass is 404 g/mol. The molecule has 1 heterocycles. The zero-order valence-corrected chi connectivity index (χ0v) is 17.9. The van der Waals surface area contributed by atoms with Gasteiger partial charge in [-0.3, -0.25) is 9.78 Å². The third kappa shape index (κ3) is 5.38. The van der Waals surface area contributed by atoms with Crippen LogP contribution in [0.5, 0.6) is 5.75 Å². The Bertz CT molecular complexity index is 995. The molecular formula is C25H28N2O3. The number of aliphatic carboxylic acids is 1. The Balaban J connectivity index is 1.74. The van der Waals surface area contributed by atoms with Crippen LogP contribution in [0.3, 0.4) is 0 Å². The van der Waals surface area contributed by atoms with E-state index in [2.05, 4.69) is 4.98 Å². The molecule has 0 spiro atoms. The molecule has 1 aromatic heterocycles. The van der Waals surface area contributed by atoms with Crippen LogP contribution >= 0.6 is 0 Å². The molecule has 0 aliphatic carbocycles. The molecule has 0 amide bonds. The van der Waals surface area contributed by atoms with Crippen molar-refractivity contribution in [3.05, 3.63) is 88.7 Å². The van der Waals surface area contributed by atoms with Crippen molar-refractivity contribution in [1.29, 1.82) is 0 Å². The molecule has 0 radical (unpaired) electrons. The topological polar surface area (TPSA) is 62.7 Å². The summed E-state index contributed by atoms with van der Waals surface area (Å²) in [4.78, 5) is 17.9. The first-order chi connectivity index (χ1) is 14.3. The highest BCUT2D eigenvalue weighted by Gasteiger charge is 2.22. The maximum absolute atomic E-state index is 11.5. The first kappa shape index (κ1) is 21.4. The molecule has 0 saturated heterocycles. The predicted molar refractivity (Wildman–Crippen MR) is 119 cm³/mol. The van der Waals surface area contributed by atoms with Gasteiger partial charge in [0.1, 0.15) is 12.4 Å². The molecule has 5 heteroatoms. The van der Waals surface area contributed by atoms with E-state index in [0.717, 1.165) is 39.5 Å². The number of carboxylic acids is 1. The number of benzene rings is 2. The van der Waals surface area contributed by atoms with Gasteiger partial charge in [0.05, 0.1) is 12.5 Å². The van der Waals surface area contributed by atoms with Crippen LogP contribution in [0, 0.1) is 20.8 Å². The fraction of sp³-hybridized carbons (Fsp3) is 0.280. The lowest BCUT2D eigenvalue weighted by Gasteiger charge is -2.30. The van der Waals surface area contributed by atoms with Gasteiger partial charge in [-0.15, -0.1) is 0 Å². The highest BCUT2D eigenvalue weighted by molar-refractivity contribution is 5.69. The molecule has 0 fully saturated rings. The summed E-state index contributed by atoms with van der Waals surface area (Å²) in [5.74, 6) is -0.0528. The molecule has 0 aliphatic heterocycles. The number of nitrogens with zero attached hydrogens (tertiary/aromatic N) is 2. The summed E-state index contributed by atoms with van der Waals surface area (Å²) in [6.07, 6.45) is 0.0281. The normalized spacial score (nSPS) is 11.7. The van der Waals surface area contributed by atoms with Gasteiger partial charge >= 0.3 is 5.97 Å². The molecule has 1 atom stereocenters. The van der Waals surface area contributed by atoms with E-state index in [0.29, 0.717) is 6.61 Å². The largest absolute Gasteiger partial charge is 0.489 e. The Labute approximate surface area is 178 Å². The lowest BCUT2D eigenvalue weighted by molar-refractivity contribution is -0.137. The molecule has 1 N–H and O–H groups in total. The van der Waals surface area contributed by atoms with Crippen molar-refractivity contribution in [3.8, 4) is 5.75 Å². The fourth-order valence-electron chi connectivity index (χ4n) is 3.71. The summed E-state index contributed by atoms with van der Waals surface area (Å²) in [6, 6.07) is 19.5. The summed E-state index contributed by atoms with van der Waals surface area (Å²) in [7, 11) is 1.93. The van der Waals surface area contributed by atoms with Crippen molar-refractivity contribution < 1.29 is 14.6 Å². The van der Waals surface area contributed by atoms with Crippen LogP contribution in [0.2, 0.25) is 0 Å². The molecule has 0 bridgehead atoms. The van der Waals surface area contributed by atoms with Gasteiger partial charge in [0.15, 0.2) is 0 Å². The number of anilines is 1. The van der Waals surface area contributed by atoms with Crippen LogP contribution in [0.1, 0.15) is 40.5 Å². The minimum absolute atomic E-state index is 0.0281. The van der Waals surface area contributed by atoms with Crippen molar-refractivity contribution >= 4 is 11.7 Å². The van der Waals surface area contributed by atoms with E-state index in [4.69, 9.17) is 4.74 Å². The molecule has 3 rings (SSSR count). The van der Waals surface area contributed by atoms with E-state index < -0.39 is 5.97 Å². The lowest BCUT2D eigenvalue weighted by atomic mass is 9.97. The van der Waals surface area contributed by atoms with Crippen LogP contribution in [-0.4, -0.2) is 23.1 Å². The quantitative estimate of drug-likeness (QED) is 0.556. The highest BCUT2D eigenvalue weighted by Crippen LogP contribution is 2.31. The number of pyridine rings is 1. The van der Waals surface area contributed by atoms with Crippen LogP contribution < -0.4 is 9.64 Å². The van der Waals surface area contributed by atoms with Gasteiger partial charge in [-0.2, -0.15) is 0 Å². The molecule has 2 aromatic carbocycles. The number of ether oxygens (including phenoxy) is 1. The average Bonchev–Trinajstić information content (AvgIpc) is 2.70. The first-order valence-electron chi connectivity index (χ1n) is 10.0. The summed E-state index contributed by atoms with van der Waals surface area (Å²) in [5.41, 5.74) is 6.08. The maximum atomic E-state index is 11.5. The molecule has 1 unspecified atom stereocenters. The highest BCUT2D eigenvalue weighted by atomic mass is 16.5. The Morgan fingerprint density at radius 1 is 1.03 bits per heavy atom. The van der Waals surface area contributed by atoms with Crippen molar-refractivity contribution in [2.75, 3.05) is 11.9 Å². The number of aryl methyl sites for hydroxylation is 3. The number of carboxylic acid groups (broad SMARTS) is 1. The van der Waals surface area contributed by atoms with Crippen LogP contribution in [0.15, 0.2) is 60.7 Å². The standard InChI is InChI=1S/C25H28N2O3/c1-17-7-5-6-8-23(17)24(15-25(28)29)27(4)21-9-11-22(12-10-21)30-16-20-13-18(2)26-19(3)14-20/h5-14,24H,15-16H2,1-4H3,(H,28,29). The van der Waals surface area contributed by atoms with E-state index in [9.17, 15) is 9.90 Å². The lowest BCUT2D eigenvalue weighted by Crippen LogP contribution is -2.27. The molecule has 3 aromatic rings. The van der Waals surface area contributed by atoms with E-state index >= 15 is 0 Å². The predicted octanol–water partition coefficient (Wildman–Crippen LogP) is 5.24. The zero-order valence-electron chi connectivity index (χ0n) is 17.9. The molecule has 156 valence electrons. The van der Waals surface area contributed by atoms with E-state index in [1.165, 1.54) is 0 Å². The zero-order chi connectivity index (χ0) is 21.7. The number of hydrogen-bond donors (Lipinski definition) is 1. The minimum Gasteiger partial charge on any atom is -0.489 e. The van der Waals surface area contributed by atoms with Crippen molar-refractivity contribution in [3.63, 3.8) is 0 Å². The molecule has 0 aliphatic rings. The summed E-state index contributed by atoms with van der Waals surface area (Å²) in [6.45, 7) is 6.44. The van der Waals surface area contributed by atoms with Gasteiger partial charge in [0, 0.05) is 24.1 Å². The second-order valence-corrected chi connectivity index (χ2v) is 7.62. The van der Waals surface area contributed by atoms with E-state index in [1.54, 1.807) is 0 Å². The number of hydrogen-bond acceptors (Lipinski definition) is 4. The summed E-state index contributed by atoms with van der Waals surface area (Å²) in [5, 5.41) is 9.44. The molecule has 0 saturated carbocycles. The van der Waals surface area contributed by atoms with Crippen LogP contribution in [0.25, 0.3) is 0 Å². The second kappa shape index (κ2) is 9.44. The van der Waals surface area contributed by atoms with Gasteiger partial charge in [0.2, 0.25) is 0 Å². The Morgan fingerprint density at radius 2 is 1.67 bits per heavy atom. The summed E-state index contributed by atoms with van der Waals surface area (Å²) >= 11 is 0. The molecule has 5 nitrogen and oxygen atoms in total. The average molecular weight is 405 g/mol. The van der Waals surface area contributed by atoms with Crippen molar-refractivity contribution in [1.82, 2.24) is 4.98 Å². The third-order valence-corrected chi connectivity index (χ3v) is 5.17. The third-order valence-electron chi connectivity index (χ3n) is 5.17. The minimum atomic E-state index is -0.821. The Hall–Kier alpha value is -3.34. The molecule has 30 heavy (non-hydrogen) atoms. The number of rotatable bonds is 8. The van der Waals surface area contributed by atoms with E-state index in [-0.39, 0.29) is 12.5 Å².